The topological polar surface area (TPSA) is 35.0 Å². The van der Waals surface area contributed by atoms with E-state index < -0.39 is 5.82 Å². The van der Waals surface area contributed by atoms with Crippen LogP contribution >= 0.6 is 39.1 Å². The Morgan fingerprint density at radius 3 is 2.72 bits per heavy atom. The van der Waals surface area contributed by atoms with Gasteiger partial charge >= 0.3 is 0 Å². The maximum Gasteiger partial charge on any atom is 0.228 e. The van der Waals surface area contributed by atoms with Crippen LogP contribution in [0.2, 0.25) is 5.15 Å². The fourth-order valence-corrected chi connectivity index (χ4v) is 2.22. The molecule has 2 aromatic rings. The molecule has 3 nitrogen and oxygen atoms in total. The highest BCUT2D eigenvalue weighted by atomic mass is 79.9. The fraction of sp³-hybridized carbons (Fsp3) is 0.0909. The smallest absolute Gasteiger partial charge is 0.228 e. The number of nitrogens with zero attached hydrogens (tertiary/aromatic N) is 2. The van der Waals surface area contributed by atoms with Gasteiger partial charge in [0.1, 0.15) is 23.0 Å². The van der Waals surface area contributed by atoms with E-state index in [9.17, 15) is 4.39 Å². The van der Waals surface area contributed by atoms with Crippen molar-refractivity contribution in [3.05, 3.63) is 45.5 Å². The van der Waals surface area contributed by atoms with Crippen LogP contribution in [0, 0.1) is 5.82 Å². The van der Waals surface area contributed by atoms with Crippen molar-refractivity contribution >= 4 is 39.1 Å². The van der Waals surface area contributed by atoms with Crippen molar-refractivity contribution in [1.29, 1.82) is 0 Å². The summed E-state index contributed by atoms with van der Waals surface area (Å²) in [5.41, 5.74) is 0.459. The van der Waals surface area contributed by atoms with Crippen LogP contribution in [0.4, 0.5) is 4.39 Å². The van der Waals surface area contributed by atoms with Crippen LogP contribution in [0.1, 0.15) is 5.56 Å². The molecule has 0 N–H and O–H groups in total. The van der Waals surface area contributed by atoms with Crippen LogP contribution in [-0.2, 0) is 5.88 Å². The van der Waals surface area contributed by atoms with Gasteiger partial charge in [-0.05, 0) is 12.1 Å². The first-order valence-electron chi connectivity index (χ1n) is 4.79. The number of hydrogen-bond acceptors (Lipinski definition) is 3. The highest BCUT2D eigenvalue weighted by molar-refractivity contribution is 9.10. The second kappa shape index (κ2) is 5.82. The predicted molar refractivity (Wildman–Crippen MR) is 70.8 cm³/mol. The third kappa shape index (κ3) is 3.10. The van der Waals surface area contributed by atoms with Crippen molar-refractivity contribution in [3.8, 4) is 11.6 Å². The van der Waals surface area contributed by atoms with Gasteiger partial charge in [-0.1, -0.05) is 27.5 Å². The van der Waals surface area contributed by atoms with E-state index >= 15 is 0 Å². The van der Waals surface area contributed by atoms with Crippen molar-refractivity contribution in [2.45, 2.75) is 5.88 Å². The lowest BCUT2D eigenvalue weighted by molar-refractivity contribution is 0.452. The van der Waals surface area contributed by atoms with E-state index in [2.05, 4.69) is 25.9 Å². The van der Waals surface area contributed by atoms with Crippen LogP contribution in [0.5, 0.6) is 11.6 Å². The Bertz CT molecular complexity index is 563. The molecule has 0 saturated carbocycles. The molecule has 0 unspecified atom stereocenters. The normalized spacial score (nSPS) is 10.4. The maximum absolute atomic E-state index is 13.2. The Morgan fingerprint density at radius 2 is 2.06 bits per heavy atom. The number of rotatable bonds is 3. The van der Waals surface area contributed by atoms with Crippen molar-refractivity contribution in [2.24, 2.45) is 0 Å². The lowest BCUT2D eigenvalue weighted by atomic mass is 10.3. The summed E-state index contributed by atoms with van der Waals surface area (Å²) >= 11 is 14.8. The average molecular weight is 352 g/mol. The number of benzene rings is 1. The molecule has 1 aromatic heterocycles. The van der Waals surface area contributed by atoms with E-state index in [-0.39, 0.29) is 16.9 Å². The molecule has 1 heterocycles. The summed E-state index contributed by atoms with van der Waals surface area (Å²) in [6.07, 6.45) is 1.25. The summed E-state index contributed by atoms with van der Waals surface area (Å²) in [4.78, 5) is 7.72. The van der Waals surface area contributed by atoms with Gasteiger partial charge < -0.3 is 4.74 Å². The Hall–Kier alpha value is -0.910. The molecule has 0 spiro atoms. The number of aromatic nitrogens is 2. The first-order valence-corrected chi connectivity index (χ1v) is 6.50. The van der Waals surface area contributed by atoms with Gasteiger partial charge in [-0.3, -0.25) is 0 Å². The van der Waals surface area contributed by atoms with E-state index in [1.54, 1.807) is 6.07 Å². The molecular formula is C11H6BrCl2FN2O. The second-order valence-electron chi connectivity index (χ2n) is 3.29. The molecule has 7 heteroatoms. The highest BCUT2D eigenvalue weighted by Crippen LogP contribution is 2.30. The summed E-state index contributed by atoms with van der Waals surface area (Å²) in [7, 11) is 0. The largest absolute Gasteiger partial charge is 0.438 e. The summed E-state index contributed by atoms with van der Waals surface area (Å²) < 4.78 is 19.2. The first-order chi connectivity index (χ1) is 8.60. The molecule has 0 atom stereocenters. The van der Waals surface area contributed by atoms with Gasteiger partial charge in [0, 0.05) is 10.5 Å². The number of halogens is 4. The lowest BCUT2D eigenvalue weighted by Gasteiger charge is -2.09. The lowest BCUT2D eigenvalue weighted by Crippen LogP contribution is -1.96. The Balaban J connectivity index is 2.36. The van der Waals surface area contributed by atoms with Gasteiger partial charge in [-0.15, -0.1) is 11.6 Å². The van der Waals surface area contributed by atoms with Gasteiger partial charge in [0.05, 0.1) is 11.4 Å². The molecule has 0 bridgehead atoms. The Morgan fingerprint density at radius 1 is 1.28 bits per heavy atom. The summed E-state index contributed by atoms with van der Waals surface area (Å²) in [5.74, 6) is 0.184. The SMILES string of the molecule is Fc1cc(Br)cc(Oc2ncnc(Cl)c2CCl)c1. The maximum atomic E-state index is 13.2. The fourth-order valence-electron chi connectivity index (χ4n) is 1.28. The van der Waals surface area contributed by atoms with E-state index in [1.807, 2.05) is 0 Å². The van der Waals surface area contributed by atoms with Crippen LogP contribution in [0.15, 0.2) is 29.0 Å². The predicted octanol–water partition coefficient (Wildman–Crippen LogP) is 4.56. The summed E-state index contributed by atoms with van der Waals surface area (Å²) in [6.45, 7) is 0. The molecule has 1 aromatic carbocycles. The van der Waals surface area contributed by atoms with Gasteiger partial charge in [-0.2, -0.15) is 0 Å². The average Bonchev–Trinajstić information content (AvgIpc) is 2.27. The molecule has 94 valence electrons. The summed E-state index contributed by atoms with van der Waals surface area (Å²) in [5, 5.41) is 0.213. The standard InChI is InChI=1S/C11H6BrCl2FN2O/c12-6-1-7(15)3-8(2-6)18-11-9(4-13)10(14)16-5-17-11/h1-3,5H,4H2. The molecular weight excluding hydrogens is 346 g/mol. The van der Waals surface area contributed by atoms with Gasteiger partial charge in [0.15, 0.2) is 0 Å². The van der Waals surface area contributed by atoms with Crippen molar-refractivity contribution in [3.63, 3.8) is 0 Å². The Kier molecular flexibility index (Phi) is 4.37. The molecule has 0 fully saturated rings. The molecule has 0 amide bonds. The molecule has 2 rings (SSSR count). The Labute approximate surface area is 121 Å². The molecule has 0 aliphatic heterocycles. The van der Waals surface area contributed by atoms with E-state index in [4.69, 9.17) is 27.9 Å². The zero-order chi connectivity index (χ0) is 13.1. The van der Waals surface area contributed by atoms with Crippen molar-refractivity contribution in [2.75, 3.05) is 0 Å². The minimum absolute atomic E-state index is 0.103. The zero-order valence-corrected chi connectivity index (χ0v) is 11.9. The van der Waals surface area contributed by atoms with Gasteiger partial charge in [0.25, 0.3) is 0 Å². The minimum Gasteiger partial charge on any atom is -0.438 e. The van der Waals surface area contributed by atoms with E-state index in [1.165, 1.54) is 18.5 Å². The first kappa shape index (κ1) is 13.5. The molecule has 0 aliphatic rings. The molecule has 0 saturated heterocycles. The molecule has 0 radical (unpaired) electrons. The quantitative estimate of drug-likeness (QED) is 0.600. The number of alkyl halides is 1. The van der Waals surface area contributed by atoms with Crippen LogP contribution in [0.25, 0.3) is 0 Å². The van der Waals surface area contributed by atoms with Crippen LogP contribution in [0.3, 0.4) is 0 Å². The van der Waals surface area contributed by atoms with Crippen molar-refractivity contribution in [1.82, 2.24) is 9.97 Å². The van der Waals surface area contributed by atoms with Crippen LogP contribution in [-0.4, -0.2) is 9.97 Å². The zero-order valence-electron chi connectivity index (χ0n) is 8.83. The third-order valence-electron chi connectivity index (χ3n) is 2.04. The van der Waals surface area contributed by atoms with Gasteiger partial charge in [-0.25, -0.2) is 14.4 Å². The highest BCUT2D eigenvalue weighted by Gasteiger charge is 2.11. The second-order valence-corrected chi connectivity index (χ2v) is 4.83. The van der Waals surface area contributed by atoms with Crippen LogP contribution < -0.4 is 4.74 Å². The monoisotopic (exact) mass is 350 g/mol. The summed E-state index contributed by atoms with van der Waals surface area (Å²) in [6, 6.07) is 4.16. The minimum atomic E-state index is -0.424. The number of hydrogen-bond donors (Lipinski definition) is 0. The molecule has 18 heavy (non-hydrogen) atoms. The van der Waals surface area contributed by atoms with E-state index in [0.717, 1.165) is 0 Å². The number of ether oxygens (including phenoxy) is 1. The third-order valence-corrected chi connectivity index (χ3v) is 3.09. The van der Waals surface area contributed by atoms with E-state index in [0.29, 0.717) is 15.8 Å². The van der Waals surface area contributed by atoms with Gasteiger partial charge in [0.2, 0.25) is 5.88 Å². The molecule has 0 aliphatic carbocycles. The van der Waals surface area contributed by atoms with Crippen molar-refractivity contribution < 1.29 is 9.13 Å².